The molecule has 32 heavy (non-hydrogen) atoms. The van der Waals surface area contributed by atoms with Gasteiger partial charge in [0.2, 0.25) is 5.91 Å². The molecule has 0 bridgehead atoms. The highest BCUT2D eigenvalue weighted by atomic mass is 32.2. The van der Waals surface area contributed by atoms with Crippen LogP contribution in [-0.2, 0) is 21.5 Å². The number of hydrogen-bond donors (Lipinski definition) is 1. The molecule has 0 aromatic heterocycles. The van der Waals surface area contributed by atoms with Crippen molar-refractivity contribution in [2.45, 2.75) is 68.7 Å². The first kappa shape index (κ1) is 23.3. The Morgan fingerprint density at radius 1 is 1.19 bits per heavy atom. The lowest BCUT2D eigenvalue weighted by Crippen LogP contribution is -2.35. The fourth-order valence-corrected chi connectivity index (χ4v) is 6.30. The van der Waals surface area contributed by atoms with E-state index in [1.165, 1.54) is 5.56 Å². The van der Waals surface area contributed by atoms with Gasteiger partial charge in [0.25, 0.3) is 0 Å². The van der Waals surface area contributed by atoms with Crippen LogP contribution in [0.5, 0.6) is 0 Å². The van der Waals surface area contributed by atoms with E-state index in [2.05, 4.69) is 41.6 Å². The zero-order chi connectivity index (χ0) is 22.6. The monoisotopic (exact) mass is 456 g/mol. The second-order valence-electron chi connectivity index (χ2n) is 9.17. The van der Waals surface area contributed by atoms with Gasteiger partial charge in [0, 0.05) is 48.4 Å². The van der Waals surface area contributed by atoms with Crippen molar-refractivity contribution in [2.24, 2.45) is 5.73 Å². The summed E-state index contributed by atoms with van der Waals surface area (Å²) < 4.78 is 23.2. The molecule has 0 saturated carbocycles. The average Bonchev–Trinajstić information content (AvgIpc) is 2.81. The van der Waals surface area contributed by atoms with Crippen molar-refractivity contribution in [3.8, 4) is 0 Å². The van der Waals surface area contributed by atoms with Gasteiger partial charge >= 0.3 is 0 Å². The summed E-state index contributed by atoms with van der Waals surface area (Å²) in [6, 6.07) is 16.7. The van der Waals surface area contributed by atoms with Crippen molar-refractivity contribution in [3.05, 3.63) is 71.0 Å². The number of halogens is 1. The van der Waals surface area contributed by atoms with Crippen LogP contribution >= 0.6 is 11.9 Å². The second-order valence-corrected chi connectivity index (χ2v) is 10.4. The second kappa shape index (κ2) is 10.4. The Balaban J connectivity index is 1.50. The van der Waals surface area contributed by atoms with E-state index >= 15 is 4.39 Å². The molecule has 4 nitrogen and oxygen atoms in total. The van der Waals surface area contributed by atoms with Gasteiger partial charge in [0.15, 0.2) is 0 Å². The summed E-state index contributed by atoms with van der Waals surface area (Å²) in [6.45, 7) is 4.07. The molecule has 172 valence electrons. The van der Waals surface area contributed by atoms with Crippen molar-refractivity contribution in [1.82, 2.24) is 4.31 Å². The summed E-state index contributed by atoms with van der Waals surface area (Å²) in [5.74, 6) is -0.473. The minimum atomic E-state index is -0.308. The number of nitrogens with two attached hydrogens (primary N) is 1. The zero-order valence-corrected chi connectivity index (χ0v) is 19.6. The molecule has 2 fully saturated rings. The number of rotatable bonds is 7. The molecule has 2 aromatic carbocycles. The number of benzene rings is 2. The zero-order valence-electron chi connectivity index (χ0n) is 18.8. The topological polar surface area (TPSA) is 55.6 Å². The van der Waals surface area contributed by atoms with Gasteiger partial charge in [-0.1, -0.05) is 54.4 Å². The standard InChI is InChI=1S/C26H33FN2O2S/c1-19-7-10-24(20-5-3-2-4-6-20)32-29(19)18-21-8-9-22(17-23(21)27)26(12-11-25(28)30)13-15-31-16-14-26/h2-6,8-9,17,19,24H,7,10-16,18H2,1H3,(H2,28,30)/t19-,24?/m0/s1. The van der Waals surface area contributed by atoms with Crippen LogP contribution in [0.1, 0.15) is 67.4 Å². The Hall–Kier alpha value is -1.89. The molecule has 0 aliphatic carbocycles. The number of nitrogens with zero attached hydrogens (tertiary/aromatic N) is 1. The maximum atomic E-state index is 15.3. The molecule has 2 aromatic rings. The fourth-order valence-electron chi connectivity index (χ4n) is 4.93. The molecule has 2 atom stereocenters. The molecule has 2 N–H and O–H groups in total. The van der Waals surface area contributed by atoms with E-state index in [0.29, 0.717) is 43.9 Å². The lowest BCUT2D eigenvalue weighted by molar-refractivity contribution is -0.118. The smallest absolute Gasteiger partial charge is 0.217 e. The molecule has 0 spiro atoms. The number of ether oxygens (including phenoxy) is 1. The van der Waals surface area contributed by atoms with E-state index in [0.717, 1.165) is 36.8 Å². The quantitative estimate of drug-likeness (QED) is 0.558. The molecule has 1 unspecified atom stereocenters. The van der Waals surface area contributed by atoms with Crippen LogP contribution in [0.4, 0.5) is 4.39 Å². The maximum Gasteiger partial charge on any atom is 0.217 e. The Bertz CT molecular complexity index is 917. The number of carbonyl (C=O) groups excluding carboxylic acids is 1. The van der Waals surface area contributed by atoms with Crippen LogP contribution in [-0.4, -0.2) is 29.5 Å². The third-order valence-corrected chi connectivity index (χ3v) is 8.59. The third-order valence-electron chi connectivity index (χ3n) is 7.06. The summed E-state index contributed by atoms with van der Waals surface area (Å²) in [6.07, 6.45) is 4.77. The van der Waals surface area contributed by atoms with E-state index in [1.807, 2.05) is 24.1 Å². The first-order valence-corrected chi connectivity index (χ1v) is 12.4. The molecule has 6 heteroatoms. The van der Waals surface area contributed by atoms with Gasteiger partial charge in [-0.3, -0.25) is 4.79 Å². The van der Waals surface area contributed by atoms with Crippen LogP contribution in [0, 0.1) is 5.82 Å². The summed E-state index contributed by atoms with van der Waals surface area (Å²) in [5, 5.41) is 0.411. The summed E-state index contributed by atoms with van der Waals surface area (Å²) in [7, 11) is 0. The van der Waals surface area contributed by atoms with E-state index in [4.69, 9.17) is 10.5 Å². The Labute approximate surface area is 194 Å². The maximum absolute atomic E-state index is 15.3. The summed E-state index contributed by atoms with van der Waals surface area (Å²) in [5.41, 5.74) is 8.20. The Kier molecular flexibility index (Phi) is 7.54. The third kappa shape index (κ3) is 5.36. The van der Waals surface area contributed by atoms with Crippen LogP contribution in [0.2, 0.25) is 0 Å². The van der Waals surface area contributed by atoms with Gasteiger partial charge in [0.05, 0.1) is 0 Å². The molecule has 2 heterocycles. The van der Waals surface area contributed by atoms with Crippen LogP contribution in [0.3, 0.4) is 0 Å². The highest BCUT2D eigenvalue weighted by molar-refractivity contribution is 7.97. The number of carbonyl (C=O) groups is 1. The lowest BCUT2D eigenvalue weighted by Gasteiger charge is -2.38. The van der Waals surface area contributed by atoms with Gasteiger partial charge in [-0.25, -0.2) is 8.70 Å². The fraction of sp³-hybridized carbons (Fsp3) is 0.500. The highest BCUT2D eigenvalue weighted by Gasteiger charge is 2.35. The molecule has 2 saturated heterocycles. The van der Waals surface area contributed by atoms with Crippen LogP contribution in [0.15, 0.2) is 48.5 Å². The van der Waals surface area contributed by atoms with Gasteiger partial charge < -0.3 is 10.5 Å². The number of hydrogen-bond acceptors (Lipinski definition) is 4. The van der Waals surface area contributed by atoms with Crippen LogP contribution < -0.4 is 5.73 Å². The minimum absolute atomic E-state index is 0.165. The predicted octanol–water partition coefficient (Wildman–Crippen LogP) is 5.51. The summed E-state index contributed by atoms with van der Waals surface area (Å²) in [4.78, 5) is 11.4. The highest BCUT2D eigenvalue weighted by Crippen LogP contribution is 2.44. The van der Waals surface area contributed by atoms with E-state index in [-0.39, 0.29) is 17.1 Å². The Morgan fingerprint density at radius 2 is 1.94 bits per heavy atom. The van der Waals surface area contributed by atoms with Crippen molar-refractivity contribution < 1.29 is 13.9 Å². The van der Waals surface area contributed by atoms with Crippen molar-refractivity contribution >= 4 is 17.9 Å². The van der Waals surface area contributed by atoms with E-state index in [1.54, 1.807) is 6.07 Å². The molecule has 1 amide bonds. The van der Waals surface area contributed by atoms with Gasteiger partial charge in [-0.15, -0.1) is 0 Å². The molecule has 4 rings (SSSR count). The molecular formula is C26H33FN2O2S. The number of primary amides is 1. The average molecular weight is 457 g/mol. The molecular weight excluding hydrogens is 423 g/mol. The van der Waals surface area contributed by atoms with Crippen molar-refractivity contribution in [1.29, 1.82) is 0 Å². The van der Waals surface area contributed by atoms with E-state index in [9.17, 15) is 4.79 Å². The van der Waals surface area contributed by atoms with Crippen LogP contribution in [0.25, 0.3) is 0 Å². The molecule has 2 aliphatic rings. The summed E-state index contributed by atoms with van der Waals surface area (Å²) >= 11 is 1.84. The number of amides is 1. The van der Waals surface area contributed by atoms with E-state index < -0.39 is 0 Å². The Morgan fingerprint density at radius 3 is 2.62 bits per heavy atom. The minimum Gasteiger partial charge on any atom is -0.381 e. The van der Waals surface area contributed by atoms with Gasteiger partial charge in [-0.05, 0) is 56.2 Å². The van der Waals surface area contributed by atoms with Crippen molar-refractivity contribution in [3.63, 3.8) is 0 Å². The lowest BCUT2D eigenvalue weighted by atomic mass is 9.71. The van der Waals surface area contributed by atoms with Gasteiger partial charge in [-0.2, -0.15) is 0 Å². The molecule has 2 aliphatic heterocycles. The normalized spacial score (nSPS) is 23.7. The van der Waals surface area contributed by atoms with Gasteiger partial charge in [0.1, 0.15) is 5.82 Å². The predicted molar refractivity (Wildman–Crippen MR) is 128 cm³/mol. The SMILES string of the molecule is C[C@H]1CCC(c2ccccc2)SN1Cc1ccc(C2(CCC(N)=O)CCOCC2)cc1F. The molecule has 0 radical (unpaired) electrons. The first-order chi connectivity index (χ1) is 15.5. The van der Waals surface area contributed by atoms with Crippen molar-refractivity contribution in [2.75, 3.05) is 13.2 Å². The largest absolute Gasteiger partial charge is 0.381 e. The first-order valence-electron chi connectivity index (χ1n) is 11.6.